The van der Waals surface area contributed by atoms with Crippen molar-refractivity contribution in [2.45, 2.75) is 129 Å². The number of rotatable bonds is 26. The van der Waals surface area contributed by atoms with E-state index in [-0.39, 0.29) is 30.3 Å². The van der Waals surface area contributed by atoms with Gasteiger partial charge in [0.2, 0.25) is 5.95 Å². The van der Waals surface area contributed by atoms with Crippen molar-refractivity contribution in [1.29, 1.82) is 0 Å². The Bertz CT molecular complexity index is 1100. The summed E-state index contributed by atoms with van der Waals surface area (Å²) in [5.74, 6) is -0.0370. The van der Waals surface area contributed by atoms with Gasteiger partial charge >= 0.3 is 7.60 Å². The maximum absolute atomic E-state index is 12.6. The predicted molar refractivity (Wildman–Crippen MR) is 165 cm³/mol. The molecule has 2 aromatic heterocycles. The van der Waals surface area contributed by atoms with Crippen LogP contribution < -0.4 is 11.3 Å². The second-order valence-electron chi connectivity index (χ2n) is 11.0. The Kier molecular flexibility index (Phi) is 18.2. The van der Waals surface area contributed by atoms with E-state index in [0.29, 0.717) is 6.61 Å². The van der Waals surface area contributed by atoms with Crippen molar-refractivity contribution in [2.75, 3.05) is 32.4 Å². The van der Waals surface area contributed by atoms with E-state index < -0.39 is 31.9 Å². The van der Waals surface area contributed by atoms with Gasteiger partial charge in [-0.3, -0.25) is 18.9 Å². The highest BCUT2D eigenvalue weighted by atomic mass is 31.2. The van der Waals surface area contributed by atoms with Crippen LogP contribution in [0, 0.1) is 0 Å². The number of nitrogen functional groups attached to an aromatic ring is 1. The van der Waals surface area contributed by atoms with Crippen molar-refractivity contribution in [2.24, 2.45) is 0 Å². The molecule has 4 N–H and O–H groups in total. The average molecular weight is 616 g/mol. The van der Waals surface area contributed by atoms with Crippen molar-refractivity contribution < 1.29 is 28.2 Å². The lowest BCUT2D eigenvalue weighted by Crippen LogP contribution is -2.26. The third-order valence-electron chi connectivity index (χ3n) is 7.13. The van der Waals surface area contributed by atoms with Gasteiger partial charge in [-0.05, 0) is 13.3 Å². The fourth-order valence-electron chi connectivity index (χ4n) is 4.88. The van der Waals surface area contributed by atoms with E-state index in [1.807, 2.05) is 0 Å². The van der Waals surface area contributed by atoms with Crippen LogP contribution in [0.25, 0.3) is 11.2 Å². The lowest BCUT2D eigenvalue weighted by Gasteiger charge is -2.22. The first-order valence-electron chi connectivity index (χ1n) is 15.7. The highest BCUT2D eigenvalue weighted by Crippen LogP contribution is 2.43. The maximum atomic E-state index is 12.6. The summed E-state index contributed by atoms with van der Waals surface area (Å²) < 4.78 is 35.9. The molecule has 0 aliphatic heterocycles. The third-order valence-corrected chi connectivity index (χ3v) is 8.23. The molecule has 0 amide bonds. The lowest BCUT2D eigenvalue weighted by molar-refractivity contribution is -0.0780. The standard InChI is InChI=1S/C29H54N5O7P/c1-4-5-6-7-8-9-10-11-12-13-14-15-16-17-18-19-39-24(2)41-42(36,37)23-40-25(21-38-3)20-34-22-31-26-27(34)32-29(30)33-28(26)35/h22,24-25H,4-21,23H2,1-3H3,(H,36,37)(H3,30,32,33,35)/t24?,25-/m0/s1. The molecule has 0 aliphatic carbocycles. The smallest absolute Gasteiger partial charge is 0.355 e. The highest BCUT2D eigenvalue weighted by molar-refractivity contribution is 7.52. The number of nitrogens with zero attached hydrogens (tertiary/aromatic N) is 3. The molecule has 0 aromatic carbocycles. The summed E-state index contributed by atoms with van der Waals surface area (Å²) in [6.07, 6.45) is 18.8. The average Bonchev–Trinajstić information content (AvgIpc) is 3.34. The summed E-state index contributed by atoms with van der Waals surface area (Å²) in [4.78, 5) is 32.9. The number of anilines is 1. The van der Waals surface area contributed by atoms with Gasteiger partial charge in [0.05, 0.1) is 25.6 Å². The molecule has 0 radical (unpaired) electrons. The van der Waals surface area contributed by atoms with Gasteiger partial charge in [0.1, 0.15) is 6.35 Å². The third kappa shape index (κ3) is 15.1. The van der Waals surface area contributed by atoms with E-state index in [9.17, 15) is 14.3 Å². The molecule has 2 unspecified atom stereocenters. The summed E-state index contributed by atoms with van der Waals surface area (Å²) >= 11 is 0. The molecule has 0 bridgehead atoms. The molecule has 242 valence electrons. The minimum atomic E-state index is -4.09. The molecule has 2 rings (SSSR count). The number of aromatic amines is 1. The van der Waals surface area contributed by atoms with E-state index in [2.05, 4.69) is 21.9 Å². The highest BCUT2D eigenvalue weighted by Gasteiger charge is 2.26. The molecule has 2 aromatic rings. The Morgan fingerprint density at radius 3 is 2.12 bits per heavy atom. The van der Waals surface area contributed by atoms with Crippen LogP contribution in [-0.4, -0.2) is 63.5 Å². The van der Waals surface area contributed by atoms with Crippen LogP contribution in [0.15, 0.2) is 11.1 Å². The van der Waals surface area contributed by atoms with Gasteiger partial charge in [-0.1, -0.05) is 96.8 Å². The SMILES string of the molecule is CCCCCCCCCCCCCCCCCOC(C)OP(=O)(O)CO[C@H](COC)Cn1cnc2c(=O)[nH]c(N)nc21. The monoisotopic (exact) mass is 615 g/mol. The van der Waals surface area contributed by atoms with Gasteiger partial charge in [0.25, 0.3) is 5.56 Å². The topological polar surface area (TPSA) is 164 Å². The Morgan fingerprint density at radius 2 is 1.55 bits per heavy atom. The van der Waals surface area contributed by atoms with E-state index in [1.165, 1.54) is 96.9 Å². The van der Waals surface area contributed by atoms with Crippen LogP contribution >= 0.6 is 7.60 Å². The van der Waals surface area contributed by atoms with Gasteiger partial charge in [-0.15, -0.1) is 0 Å². The van der Waals surface area contributed by atoms with E-state index in [0.717, 1.165) is 12.8 Å². The Hall–Kier alpha value is -1.82. The van der Waals surface area contributed by atoms with E-state index in [4.69, 9.17) is 24.5 Å². The summed E-state index contributed by atoms with van der Waals surface area (Å²) in [5.41, 5.74) is 5.61. The first-order chi connectivity index (χ1) is 20.3. The van der Waals surface area contributed by atoms with Gasteiger partial charge < -0.3 is 29.4 Å². The number of hydrogen-bond acceptors (Lipinski definition) is 9. The molecule has 2 heterocycles. The molecule has 3 atom stereocenters. The van der Waals surface area contributed by atoms with Crippen molar-refractivity contribution in [1.82, 2.24) is 19.5 Å². The minimum Gasteiger partial charge on any atom is -0.382 e. The quantitative estimate of drug-likeness (QED) is 0.0637. The van der Waals surface area contributed by atoms with Gasteiger partial charge in [-0.2, -0.15) is 4.98 Å². The molecule has 12 nitrogen and oxygen atoms in total. The number of methoxy groups -OCH3 is 1. The zero-order valence-electron chi connectivity index (χ0n) is 25.9. The summed E-state index contributed by atoms with van der Waals surface area (Å²) in [6.45, 7) is 4.63. The first kappa shape index (κ1) is 36.4. The van der Waals surface area contributed by atoms with Gasteiger partial charge in [-0.25, -0.2) is 4.98 Å². The summed E-state index contributed by atoms with van der Waals surface area (Å²) in [5, 5.41) is 0. The number of imidazole rings is 1. The number of nitrogens with one attached hydrogen (secondary N) is 1. The minimum absolute atomic E-state index is 0.0370. The molecular formula is C29H54N5O7P. The van der Waals surface area contributed by atoms with Gasteiger partial charge in [0, 0.05) is 13.7 Å². The lowest BCUT2D eigenvalue weighted by atomic mass is 10.0. The number of hydrogen-bond donors (Lipinski definition) is 3. The molecule has 0 saturated carbocycles. The zero-order valence-corrected chi connectivity index (χ0v) is 26.8. The van der Waals surface area contributed by atoms with Crippen molar-refractivity contribution >= 4 is 24.7 Å². The predicted octanol–water partition coefficient (Wildman–Crippen LogP) is 6.13. The van der Waals surface area contributed by atoms with Crippen LogP contribution in [0.2, 0.25) is 0 Å². The van der Waals surface area contributed by atoms with Crippen LogP contribution in [0.5, 0.6) is 0 Å². The fraction of sp³-hybridized carbons (Fsp3) is 0.828. The van der Waals surface area contributed by atoms with Gasteiger partial charge in [0.15, 0.2) is 17.5 Å². The molecular weight excluding hydrogens is 561 g/mol. The Labute approximate surface area is 250 Å². The largest absolute Gasteiger partial charge is 0.382 e. The molecule has 0 saturated heterocycles. The van der Waals surface area contributed by atoms with Crippen LogP contribution in [0.3, 0.4) is 0 Å². The number of fused-ring (bicyclic) bond motifs is 1. The summed E-state index contributed by atoms with van der Waals surface area (Å²) in [7, 11) is -2.60. The van der Waals surface area contributed by atoms with Crippen LogP contribution in [0.4, 0.5) is 5.95 Å². The molecule has 13 heteroatoms. The molecule has 0 spiro atoms. The molecule has 42 heavy (non-hydrogen) atoms. The fourth-order valence-corrected chi connectivity index (χ4v) is 5.86. The molecule has 0 fully saturated rings. The number of ether oxygens (including phenoxy) is 3. The van der Waals surface area contributed by atoms with Crippen molar-refractivity contribution in [3.05, 3.63) is 16.7 Å². The second-order valence-corrected chi connectivity index (χ2v) is 12.8. The molecule has 0 aliphatic rings. The number of unbranched alkanes of at least 4 members (excludes halogenated alkanes) is 14. The van der Waals surface area contributed by atoms with Crippen LogP contribution in [0.1, 0.15) is 110 Å². The number of aromatic nitrogens is 4. The van der Waals surface area contributed by atoms with Crippen molar-refractivity contribution in [3.63, 3.8) is 0 Å². The Balaban J connectivity index is 1.55. The Morgan fingerprint density at radius 1 is 0.976 bits per heavy atom. The van der Waals surface area contributed by atoms with E-state index >= 15 is 0 Å². The number of H-pyrrole nitrogens is 1. The second kappa shape index (κ2) is 21.0. The first-order valence-corrected chi connectivity index (χ1v) is 17.4. The summed E-state index contributed by atoms with van der Waals surface area (Å²) in [6, 6.07) is 0. The number of nitrogens with two attached hydrogens (primary N) is 1. The maximum Gasteiger partial charge on any atom is 0.355 e. The normalized spacial score (nSPS) is 14.8. The van der Waals surface area contributed by atoms with E-state index in [1.54, 1.807) is 11.5 Å². The van der Waals surface area contributed by atoms with Crippen molar-refractivity contribution in [3.8, 4) is 0 Å². The van der Waals surface area contributed by atoms with Crippen LogP contribution in [-0.2, 0) is 29.8 Å². The zero-order chi connectivity index (χ0) is 30.6.